The Hall–Kier alpha value is -2.48. The van der Waals surface area contributed by atoms with E-state index in [1.54, 1.807) is 30.2 Å². The van der Waals surface area contributed by atoms with Crippen LogP contribution in [-0.4, -0.2) is 59.7 Å². The first kappa shape index (κ1) is 22.2. The van der Waals surface area contributed by atoms with Gasteiger partial charge in [0.1, 0.15) is 6.54 Å². The molecule has 162 valence electrons. The summed E-state index contributed by atoms with van der Waals surface area (Å²) in [6.45, 7) is 5.20. The molecule has 7 nitrogen and oxygen atoms in total. The molecule has 1 aromatic rings. The first-order chi connectivity index (χ1) is 14.4. The average Bonchev–Trinajstić information content (AvgIpc) is 3.02. The molecule has 0 saturated carbocycles. The first-order valence-electron chi connectivity index (χ1n) is 10.3. The maximum atomic E-state index is 12.7. The minimum Gasteiger partial charge on any atom is -0.493 e. The van der Waals surface area contributed by atoms with E-state index in [-0.39, 0.29) is 18.6 Å². The fourth-order valence-electron chi connectivity index (χ4n) is 3.34. The molecule has 0 radical (unpaired) electrons. The molecule has 30 heavy (non-hydrogen) atoms. The van der Waals surface area contributed by atoms with Crippen LogP contribution in [-0.2, 0) is 9.59 Å². The predicted molar refractivity (Wildman–Crippen MR) is 116 cm³/mol. The van der Waals surface area contributed by atoms with Crippen LogP contribution in [0.15, 0.2) is 23.1 Å². The van der Waals surface area contributed by atoms with Crippen molar-refractivity contribution in [2.24, 2.45) is 0 Å². The molecule has 1 unspecified atom stereocenters. The number of nitrogens with zero attached hydrogens (tertiary/aromatic N) is 2. The molecule has 8 heteroatoms. The highest BCUT2D eigenvalue weighted by Crippen LogP contribution is 2.35. The van der Waals surface area contributed by atoms with Gasteiger partial charge in [0, 0.05) is 13.1 Å². The molecule has 3 rings (SSSR count). The lowest BCUT2D eigenvalue weighted by molar-refractivity contribution is -0.136. The topological polar surface area (TPSA) is 76.2 Å². The number of piperidine rings is 1. The van der Waals surface area contributed by atoms with Crippen LogP contribution in [0.5, 0.6) is 11.5 Å². The minimum absolute atomic E-state index is 0.0543. The second kappa shape index (κ2) is 10.0. The summed E-state index contributed by atoms with van der Waals surface area (Å²) in [4.78, 5) is 40.6. The molecule has 2 fully saturated rings. The Morgan fingerprint density at radius 3 is 2.60 bits per heavy atom. The molecule has 3 amide bonds. The van der Waals surface area contributed by atoms with E-state index in [0.717, 1.165) is 47.9 Å². The standard InChI is InChI=1S/C22H28N2O5S/c1-4-15(2)29-17-9-8-16(12-18(17)28-3)13-19-21(26)24(22(27)30-19)14-20(25)23-10-6-5-7-11-23/h8-9,12-13,15H,4-7,10-11,14H2,1-3H3/b19-13-. The molecule has 2 aliphatic rings. The van der Waals surface area contributed by atoms with Crippen LogP contribution >= 0.6 is 11.8 Å². The Labute approximate surface area is 181 Å². The van der Waals surface area contributed by atoms with Crippen LogP contribution in [0.25, 0.3) is 6.08 Å². The lowest BCUT2D eigenvalue weighted by Crippen LogP contribution is -2.44. The first-order valence-corrected chi connectivity index (χ1v) is 11.1. The van der Waals surface area contributed by atoms with Crippen LogP contribution in [0, 0.1) is 0 Å². The summed E-state index contributed by atoms with van der Waals surface area (Å²) in [7, 11) is 1.56. The molecule has 0 spiro atoms. The number of benzene rings is 1. The van der Waals surface area contributed by atoms with Gasteiger partial charge in [0.05, 0.1) is 18.1 Å². The lowest BCUT2D eigenvalue weighted by Gasteiger charge is -2.27. The molecule has 0 aliphatic carbocycles. The molecule has 1 atom stereocenters. The van der Waals surface area contributed by atoms with Gasteiger partial charge in [-0.2, -0.15) is 0 Å². The van der Waals surface area contributed by atoms with Crippen molar-refractivity contribution in [1.29, 1.82) is 0 Å². The zero-order valence-corrected chi connectivity index (χ0v) is 18.5. The summed E-state index contributed by atoms with van der Waals surface area (Å²) >= 11 is 0.853. The third-order valence-corrected chi connectivity index (χ3v) is 6.17. The zero-order chi connectivity index (χ0) is 21.7. The van der Waals surface area contributed by atoms with E-state index in [2.05, 4.69) is 0 Å². The number of amides is 3. The molecule has 2 heterocycles. The van der Waals surface area contributed by atoms with Gasteiger partial charge in [0.25, 0.3) is 11.1 Å². The summed E-state index contributed by atoms with van der Waals surface area (Å²) in [5, 5.41) is -0.416. The SMILES string of the molecule is CCC(C)Oc1ccc(/C=C2\SC(=O)N(CC(=O)N3CCCCC3)C2=O)cc1OC. The van der Waals surface area contributed by atoms with Gasteiger partial charge in [-0.05, 0) is 68.1 Å². The van der Waals surface area contributed by atoms with Gasteiger partial charge in [-0.1, -0.05) is 13.0 Å². The Kier molecular flexibility index (Phi) is 7.42. The van der Waals surface area contributed by atoms with Crippen molar-refractivity contribution in [2.75, 3.05) is 26.7 Å². The van der Waals surface area contributed by atoms with Crippen LogP contribution in [0.2, 0.25) is 0 Å². The van der Waals surface area contributed by atoms with Gasteiger partial charge in [-0.25, -0.2) is 0 Å². The minimum atomic E-state index is -0.436. The van der Waals surface area contributed by atoms with Crippen molar-refractivity contribution in [3.63, 3.8) is 0 Å². The van der Waals surface area contributed by atoms with E-state index in [1.807, 2.05) is 19.9 Å². The number of carbonyl (C=O) groups excluding carboxylic acids is 3. The molecular formula is C22H28N2O5S. The van der Waals surface area contributed by atoms with Gasteiger partial charge in [0.2, 0.25) is 5.91 Å². The van der Waals surface area contributed by atoms with Gasteiger partial charge in [-0.3, -0.25) is 19.3 Å². The van der Waals surface area contributed by atoms with Crippen molar-refractivity contribution >= 4 is 34.9 Å². The molecule has 0 N–H and O–H groups in total. The van der Waals surface area contributed by atoms with Crippen LogP contribution in [0.4, 0.5) is 4.79 Å². The maximum Gasteiger partial charge on any atom is 0.294 e. The molecule has 1 aromatic carbocycles. The number of methoxy groups -OCH3 is 1. The van der Waals surface area contributed by atoms with Gasteiger partial charge >= 0.3 is 0 Å². The largest absolute Gasteiger partial charge is 0.493 e. The van der Waals surface area contributed by atoms with E-state index in [1.165, 1.54) is 0 Å². The van der Waals surface area contributed by atoms with E-state index < -0.39 is 11.1 Å². The lowest BCUT2D eigenvalue weighted by atomic mass is 10.1. The van der Waals surface area contributed by atoms with Crippen molar-refractivity contribution in [2.45, 2.75) is 45.6 Å². The highest BCUT2D eigenvalue weighted by Gasteiger charge is 2.37. The molecule has 0 aromatic heterocycles. The van der Waals surface area contributed by atoms with Crippen molar-refractivity contribution in [3.8, 4) is 11.5 Å². The third-order valence-electron chi connectivity index (χ3n) is 5.26. The Morgan fingerprint density at radius 2 is 1.93 bits per heavy atom. The third kappa shape index (κ3) is 5.16. The highest BCUT2D eigenvalue weighted by molar-refractivity contribution is 8.18. The number of hydrogen-bond donors (Lipinski definition) is 0. The van der Waals surface area contributed by atoms with E-state index in [9.17, 15) is 14.4 Å². The normalized spacial score (nSPS) is 19.4. The summed E-state index contributed by atoms with van der Waals surface area (Å²) < 4.78 is 11.3. The molecular weight excluding hydrogens is 404 g/mol. The van der Waals surface area contributed by atoms with E-state index in [0.29, 0.717) is 29.5 Å². The Bertz CT molecular complexity index is 848. The molecule has 2 saturated heterocycles. The number of hydrogen-bond acceptors (Lipinski definition) is 6. The Balaban J connectivity index is 1.72. The number of ether oxygens (including phenoxy) is 2. The van der Waals surface area contributed by atoms with Crippen LogP contribution in [0.3, 0.4) is 0 Å². The van der Waals surface area contributed by atoms with Gasteiger partial charge < -0.3 is 14.4 Å². The van der Waals surface area contributed by atoms with Crippen LogP contribution in [0.1, 0.15) is 45.1 Å². The van der Waals surface area contributed by atoms with E-state index >= 15 is 0 Å². The van der Waals surface area contributed by atoms with Crippen molar-refractivity contribution < 1.29 is 23.9 Å². The summed E-state index contributed by atoms with van der Waals surface area (Å²) in [6, 6.07) is 5.37. The average molecular weight is 433 g/mol. The number of likely N-dealkylation sites (tertiary alicyclic amines) is 1. The summed E-state index contributed by atoms with van der Waals surface area (Å²) in [5.41, 5.74) is 0.719. The summed E-state index contributed by atoms with van der Waals surface area (Å²) in [6.07, 6.45) is 5.61. The van der Waals surface area contributed by atoms with E-state index in [4.69, 9.17) is 9.47 Å². The fraction of sp³-hybridized carbons (Fsp3) is 0.500. The van der Waals surface area contributed by atoms with Gasteiger partial charge in [0.15, 0.2) is 11.5 Å². The second-order valence-corrected chi connectivity index (χ2v) is 8.45. The fourth-order valence-corrected chi connectivity index (χ4v) is 4.18. The quantitative estimate of drug-likeness (QED) is 0.608. The smallest absolute Gasteiger partial charge is 0.294 e. The van der Waals surface area contributed by atoms with Crippen molar-refractivity contribution in [1.82, 2.24) is 9.80 Å². The van der Waals surface area contributed by atoms with Gasteiger partial charge in [-0.15, -0.1) is 0 Å². The molecule has 0 bridgehead atoms. The summed E-state index contributed by atoms with van der Waals surface area (Å²) in [5.74, 6) is 0.577. The zero-order valence-electron chi connectivity index (χ0n) is 17.7. The highest BCUT2D eigenvalue weighted by atomic mass is 32.2. The predicted octanol–water partition coefficient (Wildman–Crippen LogP) is 3.92. The number of imide groups is 1. The number of rotatable bonds is 7. The number of thioether (sulfide) groups is 1. The maximum absolute atomic E-state index is 12.7. The van der Waals surface area contributed by atoms with Crippen LogP contribution < -0.4 is 9.47 Å². The second-order valence-electron chi connectivity index (χ2n) is 7.46. The molecule has 2 aliphatic heterocycles. The van der Waals surface area contributed by atoms with Crippen molar-refractivity contribution in [3.05, 3.63) is 28.7 Å². The Morgan fingerprint density at radius 1 is 1.20 bits per heavy atom. The monoisotopic (exact) mass is 432 g/mol. The number of carbonyl (C=O) groups is 3.